The third kappa shape index (κ3) is 6.58. The second-order valence-electron chi connectivity index (χ2n) is 16.0. The molecule has 63 heavy (non-hydrogen) atoms. The van der Waals surface area contributed by atoms with Crippen molar-refractivity contribution in [3.63, 3.8) is 0 Å². The summed E-state index contributed by atoms with van der Waals surface area (Å²) >= 11 is 1.87. The largest absolute Gasteiger partial charge is 0.455 e. The van der Waals surface area contributed by atoms with Crippen LogP contribution in [0.2, 0.25) is 0 Å². The molecular formula is C60H39NOS. The van der Waals surface area contributed by atoms with E-state index in [1.165, 1.54) is 70.2 Å². The molecule has 296 valence electrons. The number of para-hydroxylation sites is 2. The number of anilines is 3. The van der Waals surface area contributed by atoms with Gasteiger partial charge in [-0.1, -0.05) is 188 Å². The average molecular weight is 822 g/mol. The van der Waals surface area contributed by atoms with Crippen molar-refractivity contribution in [2.24, 2.45) is 0 Å². The number of furan rings is 1. The molecule has 0 atom stereocenters. The van der Waals surface area contributed by atoms with Gasteiger partial charge in [0.05, 0.1) is 0 Å². The van der Waals surface area contributed by atoms with Gasteiger partial charge in [-0.05, 0) is 93.0 Å². The molecule has 0 saturated carbocycles. The molecule has 0 radical (unpaired) electrons. The molecule has 2 heterocycles. The lowest BCUT2D eigenvalue weighted by Crippen LogP contribution is -2.09. The normalized spacial score (nSPS) is 11.5. The predicted molar refractivity (Wildman–Crippen MR) is 268 cm³/mol. The molecule has 0 aliphatic heterocycles. The number of benzene rings is 10. The average Bonchev–Trinajstić information content (AvgIpc) is 3.95. The first kappa shape index (κ1) is 36.8. The molecule has 3 heteroatoms. The summed E-state index contributed by atoms with van der Waals surface area (Å²) in [5.41, 5.74) is 17.1. The first-order chi connectivity index (χ1) is 31.2. The molecular weight excluding hydrogens is 783 g/mol. The van der Waals surface area contributed by atoms with E-state index in [9.17, 15) is 0 Å². The SMILES string of the molecule is c1ccc(-c2ccc(N(c3ccc(-c4ccccc4)cc3)c3ccc(-c4cccc(-c5cccc6c5sc5c(-c7cccc8c7oc7ccccc78)cccc56)c4)cc3)cc2)cc1. The first-order valence-electron chi connectivity index (χ1n) is 21.4. The Morgan fingerprint density at radius 3 is 1.30 bits per heavy atom. The number of hydrogen-bond acceptors (Lipinski definition) is 3. The number of thiophene rings is 1. The van der Waals surface area contributed by atoms with Gasteiger partial charge in [0, 0.05) is 59.1 Å². The fourth-order valence-electron chi connectivity index (χ4n) is 9.20. The van der Waals surface area contributed by atoms with Gasteiger partial charge in [0.25, 0.3) is 0 Å². The molecule has 2 aromatic heterocycles. The Morgan fingerprint density at radius 2 is 0.698 bits per heavy atom. The van der Waals surface area contributed by atoms with Crippen molar-refractivity contribution in [2.75, 3.05) is 4.90 Å². The standard InChI is InChI=1S/C60H39NOS/c1-3-13-40(14-4-1)42-27-33-47(34-28-42)61(48-35-29-43(30-36-48)41-15-5-2-6-16-41)49-37-31-44(32-38-49)45-17-9-18-46(39-45)50-20-10-24-55-56-25-12-23-54(60(56)63-59(50)55)53-22-11-21-52-51-19-7-8-26-57(51)62-58(52)53/h1-39H. The third-order valence-electron chi connectivity index (χ3n) is 12.3. The maximum atomic E-state index is 6.52. The Morgan fingerprint density at radius 1 is 0.286 bits per heavy atom. The van der Waals surface area contributed by atoms with E-state index in [2.05, 4.69) is 235 Å². The summed E-state index contributed by atoms with van der Waals surface area (Å²) in [6, 6.07) is 85.1. The van der Waals surface area contributed by atoms with Crippen LogP contribution in [0.25, 0.3) is 97.7 Å². The molecule has 0 spiro atoms. The van der Waals surface area contributed by atoms with E-state index < -0.39 is 0 Å². The monoisotopic (exact) mass is 821 g/mol. The summed E-state index contributed by atoms with van der Waals surface area (Å²) in [5.74, 6) is 0. The van der Waals surface area contributed by atoms with Crippen molar-refractivity contribution in [1.82, 2.24) is 0 Å². The minimum absolute atomic E-state index is 0.917. The fourth-order valence-corrected chi connectivity index (χ4v) is 10.6. The van der Waals surface area contributed by atoms with Gasteiger partial charge in [-0.3, -0.25) is 0 Å². The zero-order valence-corrected chi connectivity index (χ0v) is 35.1. The van der Waals surface area contributed by atoms with E-state index in [-0.39, 0.29) is 0 Å². The second-order valence-corrected chi connectivity index (χ2v) is 17.1. The van der Waals surface area contributed by atoms with Crippen LogP contribution < -0.4 is 4.90 Å². The molecule has 0 unspecified atom stereocenters. The minimum Gasteiger partial charge on any atom is -0.455 e. The predicted octanol–water partition coefficient (Wildman–Crippen LogP) is 17.8. The van der Waals surface area contributed by atoms with Gasteiger partial charge in [-0.25, -0.2) is 0 Å². The highest BCUT2D eigenvalue weighted by Crippen LogP contribution is 2.46. The summed E-state index contributed by atoms with van der Waals surface area (Å²) in [6.45, 7) is 0. The lowest BCUT2D eigenvalue weighted by atomic mass is 9.97. The highest BCUT2D eigenvalue weighted by atomic mass is 32.1. The smallest absolute Gasteiger partial charge is 0.143 e. The highest BCUT2D eigenvalue weighted by molar-refractivity contribution is 7.26. The summed E-state index contributed by atoms with van der Waals surface area (Å²) in [5, 5.41) is 4.84. The maximum absolute atomic E-state index is 6.52. The number of nitrogens with zero attached hydrogens (tertiary/aromatic N) is 1. The number of fused-ring (bicyclic) bond motifs is 6. The molecule has 0 N–H and O–H groups in total. The Bertz CT molecular complexity index is 3500. The molecule has 0 aliphatic rings. The fraction of sp³-hybridized carbons (Fsp3) is 0. The van der Waals surface area contributed by atoms with E-state index in [4.69, 9.17) is 4.42 Å². The van der Waals surface area contributed by atoms with E-state index in [0.29, 0.717) is 0 Å². The molecule has 2 nitrogen and oxygen atoms in total. The zero-order valence-electron chi connectivity index (χ0n) is 34.3. The molecule has 0 aliphatic carbocycles. The molecule has 12 rings (SSSR count). The number of rotatable bonds is 8. The quantitative estimate of drug-likeness (QED) is 0.152. The van der Waals surface area contributed by atoms with Crippen LogP contribution in [0.3, 0.4) is 0 Å². The van der Waals surface area contributed by atoms with Crippen LogP contribution in [0.4, 0.5) is 17.1 Å². The van der Waals surface area contributed by atoms with Crippen molar-refractivity contribution >= 4 is 70.5 Å². The molecule has 0 fully saturated rings. The van der Waals surface area contributed by atoms with Crippen molar-refractivity contribution < 1.29 is 4.42 Å². The van der Waals surface area contributed by atoms with Crippen molar-refractivity contribution in [3.05, 3.63) is 237 Å². The van der Waals surface area contributed by atoms with Gasteiger partial charge in [0.1, 0.15) is 11.2 Å². The Labute approximate surface area is 370 Å². The van der Waals surface area contributed by atoms with Crippen LogP contribution in [-0.2, 0) is 0 Å². The first-order valence-corrected chi connectivity index (χ1v) is 22.2. The van der Waals surface area contributed by atoms with Gasteiger partial charge in [0.2, 0.25) is 0 Å². The maximum Gasteiger partial charge on any atom is 0.143 e. The van der Waals surface area contributed by atoms with E-state index >= 15 is 0 Å². The Kier molecular flexibility index (Phi) is 9.06. The van der Waals surface area contributed by atoms with Gasteiger partial charge >= 0.3 is 0 Å². The van der Waals surface area contributed by atoms with Crippen LogP contribution in [0.1, 0.15) is 0 Å². The Hall–Kier alpha value is -7.98. The van der Waals surface area contributed by atoms with Crippen molar-refractivity contribution in [2.45, 2.75) is 0 Å². The minimum atomic E-state index is 0.917. The van der Waals surface area contributed by atoms with Gasteiger partial charge in [-0.15, -0.1) is 11.3 Å². The Balaban J connectivity index is 0.902. The van der Waals surface area contributed by atoms with E-state index in [1.54, 1.807) is 0 Å². The molecule has 0 bridgehead atoms. The molecule has 12 aromatic rings. The summed E-state index contributed by atoms with van der Waals surface area (Å²) in [6.07, 6.45) is 0. The second kappa shape index (κ2) is 15.5. The van der Waals surface area contributed by atoms with Crippen molar-refractivity contribution in [1.29, 1.82) is 0 Å². The van der Waals surface area contributed by atoms with Crippen LogP contribution >= 0.6 is 11.3 Å². The summed E-state index contributed by atoms with van der Waals surface area (Å²) in [4.78, 5) is 2.34. The van der Waals surface area contributed by atoms with Gasteiger partial charge in [-0.2, -0.15) is 0 Å². The highest BCUT2D eigenvalue weighted by Gasteiger charge is 2.19. The van der Waals surface area contributed by atoms with Gasteiger partial charge < -0.3 is 9.32 Å². The lowest BCUT2D eigenvalue weighted by Gasteiger charge is -2.26. The van der Waals surface area contributed by atoms with Crippen LogP contribution in [-0.4, -0.2) is 0 Å². The van der Waals surface area contributed by atoms with Crippen molar-refractivity contribution in [3.8, 4) is 55.6 Å². The summed E-state index contributed by atoms with van der Waals surface area (Å²) < 4.78 is 9.08. The molecule has 0 saturated heterocycles. The zero-order chi connectivity index (χ0) is 41.7. The third-order valence-corrected chi connectivity index (χ3v) is 13.6. The topological polar surface area (TPSA) is 16.4 Å². The lowest BCUT2D eigenvalue weighted by molar-refractivity contribution is 0.670. The van der Waals surface area contributed by atoms with E-state index in [0.717, 1.165) is 44.6 Å². The van der Waals surface area contributed by atoms with Crippen LogP contribution in [0.15, 0.2) is 241 Å². The summed E-state index contributed by atoms with van der Waals surface area (Å²) in [7, 11) is 0. The van der Waals surface area contributed by atoms with Gasteiger partial charge in [0.15, 0.2) is 0 Å². The van der Waals surface area contributed by atoms with E-state index in [1.807, 2.05) is 17.4 Å². The van der Waals surface area contributed by atoms with Crippen LogP contribution in [0.5, 0.6) is 0 Å². The van der Waals surface area contributed by atoms with Crippen LogP contribution in [0, 0.1) is 0 Å². The molecule has 10 aromatic carbocycles. The molecule has 0 amide bonds. The number of hydrogen-bond donors (Lipinski definition) is 0.